The van der Waals surface area contributed by atoms with Crippen molar-refractivity contribution in [2.75, 3.05) is 6.54 Å². The van der Waals surface area contributed by atoms with E-state index >= 15 is 0 Å². The van der Waals surface area contributed by atoms with Crippen LogP contribution in [0.1, 0.15) is 50.5 Å². The minimum absolute atomic E-state index is 0.00178. The highest BCUT2D eigenvalue weighted by molar-refractivity contribution is 5.77. The molecule has 1 amide bonds. The number of carbonyl (C=O) groups is 1. The van der Waals surface area contributed by atoms with Gasteiger partial charge in [-0.2, -0.15) is 0 Å². The van der Waals surface area contributed by atoms with Crippen LogP contribution in [0, 0.1) is 5.82 Å². The molecule has 1 saturated carbocycles. The summed E-state index contributed by atoms with van der Waals surface area (Å²) in [6, 6.07) is 6.44. The topological polar surface area (TPSA) is 55.1 Å². The monoisotopic (exact) mass is 278 g/mol. The minimum Gasteiger partial charge on any atom is -0.349 e. The van der Waals surface area contributed by atoms with Crippen LogP contribution >= 0.6 is 0 Å². The van der Waals surface area contributed by atoms with Crippen LogP contribution in [-0.4, -0.2) is 18.0 Å². The Morgan fingerprint density at radius 1 is 1.45 bits per heavy atom. The molecule has 1 fully saturated rings. The number of benzene rings is 1. The van der Waals surface area contributed by atoms with Crippen molar-refractivity contribution in [1.29, 1.82) is 0 Å². The van der Waals surface area contributed by atoms with Crippen LogP contribution in [0.15, 0.2) is 24.3 Å². The summed E-state index contributed by atoms with van der Waals surface area (Å²) in [7, 11) is 0. The molecule has 2 rings (SSSR count). The van der Waals surface area contributed by atoms with Gasteiger partial charge in [0.25, 0.3) is 0 Å². The molecule has 1 aromatic carbocycles. The summed E-state index contributed by atoms with van der Waals surface area (Å²) in [5, 5.41) is 3.10. The first-order valence-electron chi connectivity index (χ1n) is 7.31. The molecule has 0 aromatic heterocycles. The largest absolute Gasteiger partial charge is 0.349 e. The Bertz CT molecular complexity index is 469. The summed E-state index contributed by atoms with van der Waals surface area (Å²) in [6.07, 6.45) is 4.53. The van der Waals surface area contributed by atoms with E-state index in [-0.39, 0.29) is 23.2 Å². The fraction of sp³-hybridized carbons (Fsp3) is 0.562. The quantitative estimate of drug-likeness (QED) is 0.870. The minimum atomic E-state index is -0.260. The molecule has 0 bridgehead atoms. The predicted molar refractivity (Wildman–Crippen MR) is 77.8 cm³/mol. The van der Waals surface area contributed by atoms with Crippen LogP contribution in [0.5, 0.6) is 0 Å². The molecule has 1 aliphatic rings. The molecule has 4 heteroatoms. The third-order valence-electron chi connectivity index (χ3n) is 4.27. The van der Waals surface area contributed by atoms with Crippen molar-refractivity contribution in [1.82, 2.24) is 5.32 Å². The number of rotatable bonds is 5. The van der Waals surface area contributed by atoms with Gasteiger partial charge in [-0.1, -0.05) is 31.9 Å². The SMILES string of the molecule is CC(CC(=O)NC1(CN)CCCC1)c1cccc(F)c1. The van der Waals surface area contributed by atoms with Gasteiger partial charge in [-0.15, -0.1) is 0 Å². The maximum Gasteiger partial charge on any atom is 0.221 e. The van der Waals surface area contributed by atoms with Crippen LogP contribution in [0.2, 0.25) is 0 Å². The Labute approximate surface area is 119 Å². The van der Waals surface area contributed by atoms with E-state index in [2.05, 4.69) is 5.32 Å². The number of amides is 1. The van der Waals surface area contributed by atoms with Crippen molar-refractivity contribution >= 4 is 5.91 Å². The van der Waals surface area contributed by atoms with E-state index in [4.69, 9.17) is 5.73 Å². The van der Waals surface area contributed by atoms with Gasteiger partial charge in [0.1, 0.15) is 5.82 Å². The molecule has 0 spiro atoms. The lowest BCUT2D eigenvalue weighted by Crippen LogP contribution is -2.51. The Kier molecular flexibility index (Phi) is 4.76. The van der Waals surface area contributed by atoms with Gasteiger partial charge in [0, 0.05) is 13.0 Å². The van der Waals surface area contributed by atoms with Gasteiger partial charge in [-0.3, -0.25) is 4.79 Å². The molecular formula is C16H23FN2O. The molecule has 110 valence electrons. The second kappa shape index (κ2) is 6.35. The molecule has 0 radical (unpaired) electrons. The zero-order valence-electron chi connectivity index (χ0n) is 12.0. The lowest BCUT2D eigenvalue weighted by molar-refractivity contribution is -0.123. The standard InChI is InChI=1S/C16H23FN2O/c1-12(13-5-4-6-14(17)10-13)9-15(20)19-16(11-18)7-2-3-8-16/h4-6,10,12H,2-3,7-9,11,18H2,1H3,(H,19,20). The lowest BCUT2D eigenvalue weighted by Gasteiger charge is -2.29. The Morgan fingerprint density at radius 3 is 2.75 bits per heavy atom. The molecular weight excluding hydrogens is 255 g/mol. The highest BCUT2D eigenvalue weighted by atomic mass is 19.1. The van der Waals surface area contributed by atoms with E-state index in [1.807, 2.05) is 13.0 Å². The molecule has 1 aliphatic carbocycles. The lowest BCUT2D eigenvalue weighted by atomic mass is 9.94. The zero-order valence-corrected chi connectivity index (χ0v) is 12.0. The molecule has 1 aromatic rings. The number of nitrogens with one attached hydrogen (secondary N) is 1. The first kappa shape index (κ1) is 15.0. The molecule has 3 nitrogen and oxygen atoms in total. The zero-order chi connectivity index (χ0) is 14.6. The summed E-state index contributed by atoms with van der Waals surface area (Å²) in [6.45, 7) is 2.44. The molecule has 0 saturated heterocycles. The first-order valence-corrected chi connectivity index (χ1v) is 7.31. The van der Waals surface area contributed by atoms with Crippen molar-refractivity contribution in [3.63, 3.8) is 0 Å². The third kappa shape index (κ3) is 3.57. The second-order valence-electron chi connectivity index (χ2n) is 5.90. The normalized spacial score (nSPS) is 18.8. The molecule has 3 N–H and O–H groups in total. The van der Waals surface area contributed by atoms with Crippen molar-refractivity contribution in [2.24, 2.45) is 5.73 Å². The molecule has 20 heavy (non-hydrogen) atoms. The predicted octanol–water partition coefficient (Wildman–Crippen LogP) is 2.71. The fourth-order valence-electron chi connectivity index (χ4n) is 2.99. The number of hydrogen-bond acceptors (Lipinski definition) is 2. The van der Waals surface area contributed by atoms with Gasteiger partial charge in [-0.05, 0) is 36.5 Å². The second-order valence-corrected chi connectivity index (χ2v) is 5.90. The highest BCUT2D eigenvalue weighted by Crippen LogP contribution is 2.29. The van der Waals surface area contributed by atoms with Gasteiger partial charge < -0.3 is 11.1 Å². The first-order chi connectivity index (χ1) is 9.54. The van der Waals surface area contributed by atoms with Gasteiger partial charge in [-0.25, -0.2) is 4.39 Å². The summed E-state index contributed by atoms with van der Waals surface area (Å²) in [4.78, 5) is 12.2. The van der Waals surface area contributed by atoms with E-state index in [0.717, 1.165) is 31.2 Å². The van der Waals surface area contributed by atoms with Crippen LogP contribution in [0.3, 0.4) is 0 Å². The number of hydrogen-bond donors (Lipinski definition) is 2. The van der Waals surface area contributed by atoms with Crippen LogP contribution in [-0.2, 0) is 4.79 Å². The Morgan fingerprint density at radius 2 is 2.15 bits per heavy atom. The average Bonchev–Trinajstić information content (AvgIpc) is 2.87. The maximum absolute atomic E-state index is 13.2. The molecule has 1 unspecified atom stereocenters. The summed E-state index contributed by atoms with van der Waals surface area (Å²) >= 11 is 0. The van der Waals surface area contributed by atoms with E-state index in [9.17, 15) is 9.18 Å². The van der Waals surface area contributed by atoms with Gasteiger partial charge in [0.15, 0.2) is 0 Å². The van der Waals surface area contributed by atoms with Crippen molar-refractivity contribution < 1.29 is 9.18 Å². The number of carbonyl (C=O) groups excluding carboxylic acids is 1. The Hall–Kier alpha value is -1.42. The van der Waals surface area contributed by atoms with Crippen LogP contribution in [0.25, 0.3) is 0 Å². The molecule has 0 aliphatic heterocycles. The van der Waals surface area contributed by atoms with Gasteiger partial charge in [0.05, 0.1) is 5.54 Å². The maximum atomic E-state index is 13.2. The van der Waals surface area contributed by atoms with Crippen molar-refractivity contribution in [2.45, 2.75) is 50.5 Å². The average molecular weight is 278 g/mol. The smallest absolute Gasteiger partial charge is 0.221 e. The summed E-state index contributed by atoms with van der Waals surface area (Å²) in [5.74, 6) is -0.250. The molecule has 1 atom stereocenters. The summed E-state index contributed by atoms with van der Waals surface area (Å²) in [5.41, 5.74) is 6.46. The fourth-order valence-corrected chi connectivity index (χ4v) is 2.99. The van der Waals surface area contributed by atoms with Crippen molar-refractivity contribution in [3.8, 4) is 0 Å². The van der Waals surface area contributed by atoms with Crippen LogP contribution < -0.4 is 11.1 Å². The van der Waals surface area contributed by atoms with Gasteiger partial charge in [0.2, 0.25) is 5.91 Å². The summed E-state index contributed by atoms with van der Waals surface area (Å²) < 4.78 is 13.2. The van der Waals surface area contributed by atoms with E-state index in [1.54, 1.807) is 6.07 Å². The molecule has 0 heterocycles. The van der Waals surface area contributed by atoms with E-state index in [0.29, 0.717) is 13.0 Å². The highest BCUT2D eigenvalue weighted by Gasteiger charge is 2.33. The number of nitrogens with two attached hydrogens (primary N) is 1. The van der Waals surface area contributed by atoms with Crippen LogP contribution in [0.4, 0.5) is 4.39 Å². The van der Waals surface area contributed by atoms with E-state index in [1.165, 1.54) is 12.1 Å². The Balaban J connectivity index is 1.94. The third-order valence-corrected chi connectivity index (χ3v) is 4.27. The van der Waals surface area contributed by atoms with Gasteiger partial charge >= 0.3 is 0 Å². The van der Waals surface area contributed by atoms with E-state index < -0.39 is 0 Å². The van der Waals surface area contributed by atoms with Crippen molar-refractivity contribution in [3.05, 3.63) is 35.6 Å². The number of halogens is 1.